The Hall–Kier alpha value is -2.49. The molecule has 0 saturated carbocycles. The standard InChI is InChI=1S/C15H17N3O/c1-9-5-10(2)7-12(6-9)18-14-8-11(16)3-4-13(14)15(17)19/h3-8,18H,16H2,1-2H3,(H2,17,19). The SMILES string of the molecule is Cc1cc(C)cc(Nc2cc(N)ccc2C(N)=O)c1. The maximum Gasteiger partial charge on any atom is 0.250 e. The fourth-order valence-corrected chi connectivity index (χ4v) is 2.08. The Balaban J connectivity index is 2.42. The highest BCUT2D eigenvalue weighted by molar-refractivity contribution is 5.99. The van der Waals surface area contributed by atoms with Crippen LogP contribution < -0.4 is 16.8 Å². The van der Waals surface area contributed by atoms with Gasteiger partial charge in [-0.15, -0.1) is 0 Å². The Kier molecular flexibility index (Phi) is 3.42. The van der Waals surface area contributed by atoms with Crippen molar-refractivity contribution in [1.29, 1.82) is 0 Å². The number of rotatable bonds is 3. The maximum atomic E-state index is 11.4. The molecule has 1 amide bonds. The van der Waals surface area contributed by atoms with E-state index in [9.17, 15) is 4.79 Å². The van der Waals surface area contributed by atoms with Crippen molar-refractivity contribution in [3.63, 3.8) is 0 Å². The minimum absolute atomic E-state index is 0.424. The van der Waals surface area contributed by atoms with Crippen molar-refractivity contribution in [2.45, 2.75) is 13.8 Å². The number of nitrogens with two attached hydrogens (primary N) is 2. The van der Waals surface area contributed by atoms with Crippen LogP contribution in [0.15, 0.2) is 36.4 Å². The average Bonchev–Trinajstić information content (AvgIpc) is 2.26. The Bertz CT molecular complexity index is 615. The second-order valence-corrected chi connectivity index (χ2v) is 4.67. The maximum absolute atomic E-state index is 11.4. The van der Waals surface area contributed by atoms with E-state index < -0.39 is 5.91 Å². The lowest BCUT2D eigenvalue weighted by atomic mass is 10.1. The summed E-state index contributed by atoms with van der Waals surface area (Å²) in [6, 6.07) is 11.1. The first kappa shape index (κ1) is 13.0. The first-order valence-corrected chi connectivity index (χ1v) is 6.00. The third-order valence-corrected chi connectivity index (χ3v) is 2.81. The summed E-state index contributed by atoms with van der Waals surface area (Å²) in [4.78, 5) is 11.4. The van der Waals surface area contributed by atoms with Gasteiger partial charge in [-0.05, 0) is 55.3 Å². The van der Waals surface area contributed by atoms with Gasteiger partial charge in [-0.1, -0.05) is 6.07 Å². The number of nitrogen functional groups attached to an aromatic ring is 1. The molecule has 0 aromatic heterocycles. The zero-order valence-corrected chi connectivity index (χ0v) is 11.0. The molecule has 0 aliphatic rings. The van der Waals surface area contributed by atoms with Crippen molar-refractivity contribution in [3.05, 3.63) is 53.1 Å². The van der Waals surface area contributed by atoms with Crippen LogP contribution in [0, 0.1) is 13.8 Å². The number of hydrogen-bond donors (Lipinski definition) is 3. The number of benzene rings is 2. The lowest BCUT2D eigenvalue weighted by Crippen LogP contribution is -2.13. The fourth-order valence-electron chi connectivity index (χ4n) is 2.08. The molecule has 0 radical (unpaired) electrons. The predicted octanol–water partition coefficient (Wildman–Crippen LogP) is 2.73. The van der Waals surface area contributed by atoms with Gasteiger partial charge in [-0.25, -0.2) is 0 Å². The van der Waals surface area contributed by atoms with Gasteiger partial charge in [0.2, 0.25) is 0 Å². The van der Waals surface area contributed by atoms with Crippen LogP contribution in [0.25, 0.3) is 0 Å². The molecule has 0 heterocycles. The van der Waals surface area contributed by atoms with E-state index in [1.54, 1.807) is 18.2 Å². The molecule has 19 heavy (non-hydrogen) atoms. The molecule has 0 atom stereocenters. The van der Waals surface area contributed by atoms with E-state index in [2.05, 4.69) is 11.4 Å². The first-order valence-electron chi connectivity index (χ1n) is 6.00. The van der Waals surface area contributed by atoms with E-state index >= 15 is 0 Å². The molecule has 5 N–H and O–H groups in total. The van der Waals surface area contributed by atoms with Crippen LogP contribution in [0.2, 0.25) is 0 Å². The smallest absolute Gasteiger partial charge is 0.250 e. The van der Waals surface area contributed by atoms with Gasteiger partial charge in [0.25, 0.3) is 5.91 Å². The normalized spacial score (nSPS) is 10.2. The zero-order valence-electron chi connectivity index (χ0n) is 11.0. The summed E-state index contributed by atoms with van der Waals surface area (Å²) in [5.74, 6) is -0.480. The van der Waals surface area contributed by atoms with Crippen LogP contribution in [-0.4, -0.2) is 5.91 Å². The summed E-state index contributed by atoms with van der Waals surface area (Å²) < 4.78 is 0. The quantitative estimate of drug-likeness (QED) is 0.737. The molecular formula is C15H17N3O. The second-order valence-electron chi connectivity index (χ2n) is 4.67. The fraction of sp³-hybridized carbons (Fsp3) is 0.133. The topological polar surface area (TPSA) is 81.1 Å². The van der Waals surface area contributed by atoms with Gasteiger partial charge in [0.15, 0.2) is 0 Å². The van der Waals surface area contributed by atoms with E-state index in [4.69, 9.17) is 11.5 Å². The summed E-state index contributed by atoms with van der Waals surface area (Å²) in [5, 5.41) is 3.20. The number of carbonyl (C=O) groups is 1. The van der Waals surface area contributed by atoms with Crippen molar-refractivity contribution in [2.75, 3.05) is 11.1 Å². The van der Waals surface area contributed by atoms with Gasteiger partial charge in [0, 0.05) is 11.4 Å². The first-order chi connectivity index (χ1) is 8.95. The number of carbonyl (C=O) groups excluding carboxylic acids is 1. The van der Waals surface area contributed by atoms with Crippen LogP contribution in [0.1, 0.15) is 21.5 Å². The number of primary amides is 1. The summed E-state index contributed by atoms with van der Waals surface area (Å²) in [7, 11) is 0. The van der Waals surface area contributed by atoms with Crippen molar-refractivity contribution in [3.8, 4) is 0 Å². The summed E-state index contributed by atoms with van der Waals surface area (Å²) >= 11 is 0. The van der Waals surface area contributed by atoms with Crippen LogP contribution in [0.4, 0.5) is 17.1 Å². The van der Waals surface area contributed by atoms with Crippen LogP contribution in [0.3, 0.4) is 0 Å². The molecule has 4 nitrogen and oxygen atoms in total. The minimum atomic E-state index is -0.480. The van der Waals surface area contributed by atoms with Gasteiger partial charge in [-0.3, -0.25) is 4.79 Å². The molecule has 0 saturated heterocycles. The van der Waals surface area contributed by atoms with Crippen molar-refractivity contribution >= 4 is 23.0 Å². The van der Waals surface area contributed by atoms with Gasteiger partial charge in [-0.2, -0.15) is 0 Å². The Labute approximate surface area is 112 Å². The van der Waals surface area contributed by atoms with Crippen molar-refractivity contribution < 1.29 is 4.79 Å². The number of hydrogen-bond acceptors (Lipinski definition) is 3. The van der Waals surface area contributed by atoms with Gasteiger partial charge >= 0.3 is 0 Å². The van der Waals surface area contributed by atoms with Crippen molar-refractivity contribution in [1.82, 2.24) is 0 Å². The third kappa shape index (κ3) is 3.04. The lowest BCUT2D eigenvalue weighted by molar-refractivity contribution is 0.100. The third-order valence-electron chi connectivity index (χ3n) is 2.81. The van der Waals surface area contributed by atoms with Crippen LogP contribution >= 0.6 is 0 Å². The van der Waals surface area contributed by atoms with E-state index in [0.717, 1.165) is 16.8 Å². The molecule has 0 unspecified atom stereocenters. The molecule has 2 rings (SSSR count). The molecule has 0 aliphatic heterocycles. The molecule has 4 heteroatoms. The molecule has 98 valence electrons. The van der Waals surface area contributed by atoms with Gasteiger partial charge < -0.3 is 16.8 Å². The predicted molar refractivity (Wildman–Crippen MR) is 78.6 cm³/mol. The molecule has 2 aromatic rings. The summed E-state index contributed by atoms with van der Waals surface area (Å²) in [5.41, 5.74) is 15.9. The largest absolute Gasteiger partial charge is 0.399 e. The Morgan fingerprint density at radius 3 is 2.26 bits per heavy atom. The lowest BCUT2D eigenvalue weighted by Gasteiger charge is -2.12. The van der Waals surface area contributed by atoms with Gasteiger partial charge in [0.1, 0.15) is 0 Å². The van der Waals surface area contributed by atoms with E-state index in [1.165, 1.54) is 0 Å². The van der Waals surface area contributed by atoms with Crippen LogP contribution in [-0.2, 0) is 0 Å². The molecule has 0 aliphatic carbocycles. The molecule has 2 aromatic carbocycles. The van der Waals surface area contributed by atoms with E-state index in [-0.39, 0.29) is 0 Å². The molecule has 0 spiro atoms. The van der Waals surface area contributed by atoms with Crippen LogP contribution in [0.5, 0.6) is 0 Å². The van der Waals surface area contributed by atoms with E-state index in [0.29, 0.717) is 16.9 Å². The highest BCUT2D eigenvalue weighted by atomic mass is 16.1. The number of nitrogens with one attached hydrogen (secondary N) is 1. The number of anilines is 3. The molecule has 0 bridgehead atoms. The number of amides is 1. The van der Waals surface area contributed by atoms with E-state index in [1.807, 2.05) is 26.0 Å². The second kappa shape index (κ2) is 5.02. The molecular weight excluding hydrogens is 238 g/mol. The van der Waals surface area contributed by atoms with Crippen molar-refractivity contribution in [2.24, 2.45) is 5.73 Å². The highest BCUT2D eigenvalue weighted by Gasteiger charge is 2.09. The summed E-state index contributed by atoms with van der Waals surface area (Å²) in [6.45, 7) is 4.04. The Morgan fingerprint density at radius 1 is 1.05 bits per heavy atom. The minimum Gasteiger partial charge on any atom is -0.399 e. The summed E-state index contributed by atoms with van der Waals surface area (Å²) in [6.07, 6.45) is 0. The molecule has 0 fully saturated rings. The number of aryl methyl sites for hydroxylation is 2. The highest BCUT2D eigenvalue weighted by Crippen LogP contribution is 2.24. The Morgan fingerprint density at radius 2 is 1.68 bits per heavy atom. The zero-order chi connectivity index (χ0) is 14.0. The monoisotopic (exact) mass is 255 g/mol. The average molecular weight is 255 g/mol. The van der Waals surface area contributed by atoms with Gasteiger partial charge in [0.05, 0.1) is 11.3 Å².